The first-order valence-electron chi connectivity index (χ1n) is 7.17. The van der Waals surface area contributed by atoms with Gasteiger partial charge in [0, 0.05) is 0 Å². The van der Waals surface area contributed by atoms with Crippen LogP contribution in [0.4, 0.5) is 0 Å². The zero-order valence-corrected chi connectivity index (χ0v) is 14.1. The molecule has 0 rings (SSSR count). The van der Waals surface area contributed by atoms with Gasteiger partial charge in [-0.3, -0.25) is 9.32 Å². The second-order valence-electron chi connectivity index (χ2n) is 5.26. The van der Waals surface area contributed by atoms with Crippen LogP contribution in [0.5, 0.6) is 0 Å². The van der Waals surface area contributed by atoms with Gasteiger partial charge in [-0.2, -0.15) is 0 Å². The van der Waals surface area contributed by atoms with Gasteiger partial charge in [0.15, 0.2) is 0 Å². The highest BCUT2D eigenvalue weighted by molar-refractivity contribution is 7.46. The number of rotatable bonds is 11. The van der Waals surface area contributed by atoms with Gasteiger partial charge >= 0.3 is 13.8 Å². The molecule has 0 saturated heterocycles. The van der Waals surface area contributed by atoms with E-state index >= 15 is 0 Å². The highest BCUT2D eigenvalue weighted by Gasteiger charge is 2.39. The molecule has 0 aromatic carbocycles. The van der Waals surface area contributed by atoms with E-state index in [0.29, 0.717) is 25.7 Å². The molecule has 0 spiro atoms. The maximum absolute atomic E-state index is 11.4. The van der Waals surface area contributed by atoms with E-state index in [1.54, 1.807) is 27.7 Å². The molecule has 0 unspecified atom stereocenters. The lowest BCUT2D eigenvalue weighted by atomic mass is 9.83. The summed E-state index contributed by atoms with van der Waals surface area (Å²) in [6.45, 7) is 6.97. The van der Waals surface area contributed by atoms with Gasteiger partial charge in [-0.1, -0.05) is 27.7 Å². The third kappa shape index (κ3) is 6.04. The Bertz CT molecular complexity index is 369. The third-order valence-corrected chi connectivity index (χ3v) is 4.78. The smallest absolute Gasteiger partial charge is 0.470 e. The minimum Gasteiger partial charge on any atom is -0.481 e. The number of carbonyl (C=O) groups is 1. The summed E-state index contributed by atoms with van der Waals surface area (Å²) in [4.78, 5) is 29.4. The van der Waals surface area contributed by atoms with Crippen molar-refractivity contribution in [3.05, 3.63) is 0 Å². The lowest BCUT2D eigenvalue weighted by molar-refractivity contribution is -0.156. The molecule has 0 fully saturated rings. The van der Waals surface area contributed by atoms with Crippen LogP contribution in [0.2, 0.25) is 0 Å². The summed E-state index contributed by atoms with van der Waals surface area (Å²) in [6.07, 6.45) is 1.55. The standard InChI is InChI=1S/C13H27O7P/c1-5-12(6-2,11(14)15)9-19-10-13(7-3,8-4)20-21(16,17)18/h5-10H2,1-4H3,(H,14,15)(H2,16,17,18). The predicted octanol–water partition coefficient (Wildman–Crippen LogP) is 2.56. The second kappa shape index (κ2) is 8.25. The van der Waals surface area contributed by atoms with Crippen LogP contribution in [0.25, 0.3) is 0 Å². The summed E-state index contributed by atoms with van der Waals surface area (Å²) in [5.41, 5.74) is -2.08. The Balaban J connectivity index is 4.85. The maximum atomic E-state index is 11.4. The van der Waals surface area contributed by atoms with Crippen LogP contribution in [0.3, 0.4) is 0 Å². The molecule has 0 radical (unpaired) electrons. The van der Waals surface area contributed by atoms with Crippen molar-refractivity contribution in [2.75, 3.05) is 13.2 Å². The summed E-state index contributed by atoms with van der Waals surface area (Å²) in [6, 6.07) is 0. The molecule has 8 heteroatoms. The lowest BCUT2D eigenvalue weighted by Crippen LogP contribution is -2.40. The molecule has 0 aromatic heterocycles. The molecule has 0 heterocycles. The minimum absolute atomic E-state index is 0.0123. The number of carboxylic acids is 1. The Labute approximate surface area is 125 Å². The summed E-state index contributed by atoms with van der Waals surface area (Å²) < 4.78 is 21.4. The molecular weight excluding hydrogens is 299 g/mol. The molecule has 0 atom stereocenters. The van der Waals surface area contributed by atoms with Crippen molar-refractivity contribution in [1.29, 1.82) is 0 Å². The molecule has 126 valence electrons. The molecule has 3 N–H and O–H groups in total. The molecule has 0 aromatic rings. The summed E-state index contributed by atoms with van der Waals surface area (Å²) in [7, 11) is -4.63. The van der Waals surface area contributed by atoms with E-state index in [0.717, 1.165) is 0 Å². The fourth-order valence-electron chi connectivity index (χ4n) is 2.11. The molecule has 0 aliphatic heterocycles. The van der Waals surface area contributed by atoms with Crippen molar-refractivity contribution in [3.63, 3.8) is 0 Å². The van der Waals surface area contributed by atoms with Gasteiger partial charge in [0.25, 0.3) is 0 Å². The van der Waals surface area contributed by atoms with Crippen LogP contribution in [0.1, 0.15) is 53.4 Å². The van der Waals surface area contributed by atoms with E-state index in [9.17, 15) is 14.5 Å². The fourth-order valence-corrected chi connectivity index (χ4v) is 2.93. The van der Waals surface area contributed by atoms with E-state index in [1.165, 1.54) is 0 Å². The van der Waals surface area contributed by atoms with E-state index < -0.39 is 24.8 Å². The van der Waals surface area contributed by atoms with Crippen molar-refractivity contribution in [2.24, 2.45) is 5.41 Å². The van der Waals surface area contributed by atoms with E-state index in [2.05, 4.69) is 0 Å². The van der Waals surface area contributed by atoms with E-state index in [-0.39, 0.29) is 13.2 Å². The molecular formula is C13H27O7P. The number of ether oxygens (including phenoxy) is 1. The quantitative estimate of drug-likeness (QED) is 0.500. The zero-order valence-electron chi connectivity index (χ0n) is 13.2. The van der Waals surface area contributed by atoms with Gasteiger partial charge in [0.1, 0.15) is 5.60 Å². The Morgan fingerprint density at radius 1 is 1.00 bits per heavy atom. The number of hydrogen-bond donors (Lipinski definition) is 3. The topological polar surface area (TPSA) is 113 Å². The Hall–Kier alpha value is -0.460. The lowest BCUT2D eigenvalue weighted by Gasteiger charge is -2.33. The van der Waals surface area contributed by atoms with Crippen molar-refractivity contribution in [3.8, 4) is 0 Å². The molecule has 0 bridgehead atoms. The van der Waals surface area contributed by atoms with Crippen molar-refractivity contribution in [1.82, 2.24) is 0 Å². The normalized spacial score (nSPS) is 13.4. The van der Waals surface area contributed by atoms with Crippen LogP contribution in [-0.4, -0.2) is 39.7 Å². The summed E-state index contributed by atoms with van der Waals surface area (Å²) in [5.74, 6) is -0.929. The summed E-state index contributed by atoms with van der Waals surface area (Å²) >= 11 is 0. The molecule has 0 aliphatic rings. The number of phosphoric ester groups is 1. The zero-order chi connectivity index (χ0) is 16.7. The van der Waals surface area contributed by atoms with Gasteiger partial charge in [-0.25, -0.2) is 4.57 Å². The largest absolute Gasteiger partial charge is 0.481 e. The van der Waals surface area contributed by atoms with Crippen molar-refractivity contribution < 1.29 is 33.5 Å². The SMILES string of the molecule is CCC(CC)(COCC(CC)(CC)C(=O)O)OP(=O)(O)O. The molecule has 0 saturated carbocycles. The fraction of sp³-hybridized carbons (Fsp3) is 0.923. The number of aliphatic carboxylic acids is 1. The monoisotopic (exact) mass is 326 g/mol. The average molecular weight is 326 g/mol. The van der Waals surface area contributed by atoms with Crippen LogP contribution in [-0.2, 0) is 18.6 Å². The van der Waals surface area contributed by atoms with Crippen molar-refractivity contribution >= 4 is 13.8 Å². The van der Waals surface area contributed by atoms with Crippen LogP contribution in [0.15, 0.2) is 0 Å². The molecule has 0 amide bonds. The number of hydrogen-bond acceptors (Lipinski definition) is 4. The van der Waals surface area contributed by atoms with E-state index in [1.807, 2.05) is 0 Å². The van der Waals surface area contributed by atoms with Gasteiger partial charge in [0.05, 0.1) is 18.6 Å². The number of phosphoric acid groups is 1. The van der Waals surface area contributed by atoms with Crippen molar-refractivity contribution in [2.45, 2.75) is 59.0 Å². The van der Waals surface area contributed by atoms with Gasteiger partial charge in [-0.05, 0) is 25.7 Å². The number of carboxylic acid groups (broad SMARTS) is 1. The van der Waals surface area contributed by atoms with Crippen LogP contribution >= 0.6 is 7.82 Å². The van der Waals surface area contributed by atoms with Gasteiger partial charge in [-0.15, -0.1) is 0 Å². The predicted molar refractivity (Wildman–Crippen MR) is 77.9 cm³/mol. The highest BCUT2D eigenvalue weighted by atomic mass is 31.2. The average Bonchev–Trinajstić information content (AvgIpc) is 2.41. The highest BCUT2D eigenvalue weighted by Crippen LogP contribution is 2.44. The summed E-state index contributed by atoms with van der Waals surface area (Å²) in [5, 5.41) is 9.32. The van der Waals surface area contributed by atoms with Crippen LogP contribution in [0, 0.1) is 5.41 Å². The van der Waals surface area contributed by atoms with Crippen LogP contribution < -0.4 is 0 Å². The first kappa shape index (κ1) is 20.5. The minimum atomic E-state index is -4.63. The molecule has 7 nitrogen and oxygen atoms in total. The Morgan fingerprint density at radius 3 is 1.76 bits per heavy atom. The van der Waals surface area contributed by atoms with E-state index in [4.69, 9.17) is 19.0 Å². The molecule has 21 heavy (non-hydrogen) atoms. The Morgan fingerprint density at radius 2 is 1.48 bits per heavy atom. The molecule has 0 aliphatic carbocycles. The van der Waals surface area contributed by atoms with Gasteiger partial charge in [0.2, 0.25) is 0 Å². The third-order valence-electron chi connectivity index (χ3n) is 4.15. The second-order valence-corrected chi connectivity index (χ2v) is 6.42. The Kier molecular flexibility index (Phi) is 8.07. The maximum Gasteiger partial charge on any atom is 0.470 e. The first-order valence-corrected chi connectivity index (χ1v) is 8.70. The van der Waals surface area contributed by atoms with Gasteiger partial charge < -0.3 is 19.6 Å². The first-order chi connectivity index (χ1) is 9.60.